The average Bonchev–Trinajstić information content (AvgIpc) is 2.46. The molecule has 1 aromatic heterocycles. The lowest BCUT2D eigenvalue weighted by atomic mass is 10.0. The average molecular weight is 327 g/mol. The van der Waals surface area contributed by atoms with Gasteiger partial charge in [-0.1, -0.05) is 52.3 Å². The number of carbonyl (C=O) groups is 1. The van der Waals surface area contributed by atoms with E-state index in [9.17, 15) is 4.79 Å². The number of nitrogens with one attached hydrogen (secondary N) is 1. The van der Waals surface area contributed by atoms with Crippen LogP contribution in [0.2, 0.25) is 0 Å². The maximum absolute atomic E-state index is 12.4. The van der Waals surface area contributed by atoms with Gasteiger partial charge in [0.2, 0.25) is 0 Å². The van der Waals surface area contributed by atoms with Crippen LogP contribution in [0.3, 0.4) is 0 Å². The van der Waals surface area contributed by atoms with Crippen LogP contribution in [0.1, 0.15) is 10.4 Å². The van der Waals surface area contributed by atoms with E-state index in [-0.39, 0.29) is 5.91 Å². The van der Waals surface area contributed by atoms with Gasteiger partial charge >= 0.3 is 0 Å². The van der Waals surface area contributed by atoms with Crippen molar-refractivity contribution in [3.63, 3.8) is 0 Å². The molecule has 0 aliphatic heterocycles. The molecular formula is C16H11BrN2O. The fourth-order valence-electron chi connectivity index (χ4n) is 2.08. The SMILES string of the molecule is O=C(Nc1cc(Br)ccn1)c1cccc2ccccc12. The highest BCUT2D eigenvalue weighted by Gasteiger charge is 2.10. The Balaban J connectivity index is 1.97. The summed E-state index contributed by atoms with van der Waals surface area (Å²) in [6, 6.07) is 17.1. The highest BCUT2D eigenvalue weighted by molar-refractivity contribution is 9.10. The van der Waals surface area contributed by atoms with Crippen molar-refractivity contribution >= 4 is 38.4 Å². The monoisotopic (exact) mass is 326 g/mol. The van der Waals surface area contributed by atoms with Crippen molar-refractivity contribution in [2.75, 3.05) is 5.32 Å². The molecule has 0 bridgehead atoms. The van der Waals surface area contributed by atoms with Crippen LogP contribution in [-0.4, -0.2) is 10.9 Å². The molecule has 1 amide bonds. The Labute approximate surface area is 124 Å². The second-order valence-corrected chi connectivity index (χ2v) is 5.26. The number of amides is 1. The van der Waals surface area contributed by atoms with Gasteiger partial charge in [0, 0.05) is 16.2 Å². The van der Waals surface area contributed by atoms with Crippen LogP contribution in [0.25, 0.3) is 10.8 Å². The Bertz CT molecular complexity index is 781. The first kappa shape index (κ1) is 12.8. The Hall–Kier alpha value is -2.20. The summed E-state index contributed by atoms with van der Waals surface area (Å²) >= 11 is 3.36. The van der Waals surface area contributed by atoms with Gasteiger partial charge < -0.3 is 5.32 Å². The number of hydrogen-bond acceptors (Lipinski definition) is 2. The number of benzene rings is 2. The van der Waals surface area contributed by atoms with Gasteiger partial charge in [0.15, 0.2) is 0 Å². The Morgan fingerprint density at radius 2 is 1.85 bits per heavy atom. The van der Waals surface area contributed by atoms with E-state index in [1.807, 2.05) is 48.5 Å². The topological polar surface area (TPSA) is 42.0 Å². The molecule has 0 saturated heterocycles. The van der Waals surface area contributed by atoms with Gasteiger partial charge in [0.1, 0.15) is 5.82 Å². The normalized spacial score (nSPS) is 10.4. The van der Waals surface area contributed by atoms with Crippen LogP contribution in [0.5, 0.6) is 0 Å². The molecule has 0 aliphatic rings. The third kappa shape index (κ3) is 2.56. The maximum atomic E-state index is 12.4. The first-order chi connectivity index (χ1) is 9.74. The summed E-state index contributed by atoms with van der Waals surface area (Å²) < 4.78 is 0.876. The fraction of sp³-hybridized carbons (Fsp3) is 0. The second kappa shape index (κ2) is 5.43. The number of fused-ring (bicyclic) bond motifs is 1. The predicted octanol–water partition coefficient (Wildman–Crippen LogP) is 4.25. The molecule has 0 saturated carbocycles. The molecule has 0 radical (unpaired) electrons. The number of hydrogen-bond donors (Lipinski definition) is 1. The highest BCUT2D eigenvalue weighted by atomic mass is 79.9. The van der Waals surface area contributed by atoms with E-state index in [0.717, 1.165) is 15.2 Å². The van der Waals surface area contributed by atoms with Crippen molar-refractivity contribution < 1.29 is 4.79 Å². The number of carbonyl (C=O) groups excluding carboxylic acids is 1. The van der Waals surface area contributed by atoms with Gasteiger partial charge in [-0.3, -0.25) is 4.79 Å². The first-order valence-electron chi connectivity index (χ1n) is 6.15. The number of pyridine rings is 1. The van der Waals surface area contributed by atoms with Gasteiger partial charge in [-0.15, -0.1) is 0 Å². The molecule has 4 heteroatoms. The van der Waals surface area contributed by atoms with E-state index in [2.05, 4.69) is 26.2 Å². The minimum absolute atomic E-state index is 0.160. The zero-order chi connectivity index (χ0) is 13.9. The summed E-state index contributed by atoms with van der Waals surface area (Å²) in [4.78, 5) is 16.5. The van der Waals surface area contributed by atoms with E-state index >= 15 is 0 Å². The van der Waals surface area contributed by atoms with Crippen LogP contribution < -0.4 is 5.32 Å². The Morgan fingerprint density at radius 3 is 2.70 bits per heavy atom. The summed E-state index contributed by atoms with van der Waals surface area (Å²) in [6.07, 6.45) is 1.64. The van der Waals surface area contributed by atoms with E-state index < -0.39 is 0 Å². The minimum atomic E-state index is -0.160. The van der Waals surface area contributed by atoms with Crippen LogP contribution in [-0.2, 0) is 0 Å². The second-order valence-electron chi connectivity index (χ2n) is 4.34. The standard InChI is InChI=1S/C16H11BrN2O/c17-12-8-9-18-15(10-12)19-16(20)14-7-3-5-11-4-1-2-6-13(11)14/h1-10H,(H,18,19,20). The lowest BCUT2D eigenvalue weighted by Gasteiger charge is -2.07. The van der Waals surface area contributed by atoms with Crippen molar-refractivity contribution in [2.45, 2.75) is 0 Å². The molecule has 1 heterocycles. The molecule has 98 valence electrons. The minimum Gasteiger partial charge on any atom is -0.307 e. The van der Waals surface area contributed by atoms with Crippen molar-refractivity contribution in [1.82, 2.24) is 4.98 Å². The smallest absolute Gasteiger partial charge is 0.257 e. The van der Waals surface area contributed by atoms with Gasteiger partial charge in [-0.2, -0.15) is 0 Å². The Morgan fingerprint density at radius 1 is 1.05 bits per heavy atom. The zero-order valence-corrected chi connectivity index (χ0v) is 12.1. The molecule has 1 N–H and O–H groups in total. The summed E-state index contributed by atoms with van der Waals surface area (Å²) in [5.74, 6) is 0.365. The van der Waals surface area contributed by atoms with Gasteiger partial charge in [0.05, 0.1) is 0 Å². The molecule has 20 heavy (non-hydrogen) atoms. The predicted molar refractivity (Wildman–Crippen MR) is 83.8 cm³/mol. The molecule has 0 spiro atoms. The summed E-state index contributed by atoms with van der Waals surface area (Å²) in [7, 11) is 0. The van der Waals surface area contributed by atoms with E-state index in [1.54, 1.807) is 12.3 Å². The zero-order valence-electron chi connectivity index (χ0n) is 10.5. The lowest BCUT2D eigenvalue weighted by Crippen LogP contribution is -2.13. The molecule has 0 atom stereocenters. The van der Waals surface area contributed by atoms with Crippen LogP contribution in [0.15, 0.2) is 65.3 Å². The van der Waals surface area contributed by atoms with Crippen molar-refractivity contribution in [2.24, 2.45) is 0 Å². The first-order valence-corrected chi connectivity index (χ1v) is 6.94. The van der Waals surface area contributed by atoms with Gasteiger partial charge in [-0.25, -0.2) is 4.98 Å². The van der Waals surface area contributed by atoms with Crippen LogP contribution >= 0.6 is 15.9 Å². The molecular weight excluding hydrogens is 316 g/mol. The number of anilines is 1. The van der Waals surface area contributed by atoms with Crippen molar-refractivity contribution in [3.05, 3.63) is 70.8 Å². The molecule has 3 rings (SSSR count). The van der Waals surface area contributed by atoms with Crippen LogP contribution in [0.4, 0.5) is 5.82 Å². The van der Waals surface area contributed by atoms with Gasteiger partial charge in [0.25, 0.3) is 5.91 Å². The molecule has 0 unspecified atom stereocenters. The van der Waals surface area contributed by atoms with Gasteiger partial charge in [-0.05, 0) is 29.0 Å². The number of aromatic nitrogens is 1. The summed E-state index contributed by atoms with van der Waals surface area (Å²) in [5, 5.41) is 4.79. The number of nitrogens with zero attached hydrogens (tertiary/aromatic N) is 1. The highest BCUT2D eigenvalue weighted by Crippen LogP contribution is 2.20. The van der Waals surface area contributed by atoms with E-state index in [0.29, 0.717) is 11.4 Å². The summed E-state index contributed by atoms with van der Waals surface area (Å²) in [5.41, 5.74) is 0.643. The lowest BCUT2D eigenvalue weighted by molar-refractivity contribution is 0.102. The summed E-state index contributed by atoms with van der Waals surface area (Å²) in [6.45, 7) is 0. The van der Waals surface area contributed by atoms with E-state index in [1.165, 1.54) is 0 Å². The number of rotatable bonds is 2. The molecule has 0 aliphatic carbocycles. The number of halogens is 1. The molecule has 0 fully saturated rings. The maximum Gasteiger partial charge on any atom is 0.257 e. The third-order valence-electron chi connectivity index (χ3n) is 3.00. The molecule has 3 nitrogen and oxygen atoms in total. The largest absolute Gasteiger partial charge is 0.307 e. The molecule has 2 aromatic carbocycles. The van der Waals surface area contributed by atoms with Crippen molar-refractivity contribution in [3.8, 4) is 0 Å². The fourth-order valence-corrected chi connectivity index (χ4v) is 2.42. The third-order valence-corrected chi connectivity index (χ3v) is 3.49. The van der Waals surface area contributed by atoms with Crippen LogP contribution in [0, 0.1) is 0 Å². The molecule has 3 aromatic rings. The van der Waals surface area contributed by atoms with E-state index in [4.69, 9.17) is 0 Å². The quantitative estimate of drug-likeness (QED) is 0.764. The van der Waals surface area contributed by atoms with Crippen molar-refractivity contribution in [1.29, 1.82) is 0 Å². The Kier molecular flexibility index (Phi) is 3.48.